The van der Waals surface area contributed by atoms with Gasteiger partial charge in [0.1, 0.15) is 0 Å². The van der Waals surface area contributed by atoms with Crippen LogP contribution in [0.2, 0.25) is 0 Å². The van der Waals surface area contributed by atoms with Gasteiger partial charge in [-0.15, -0.1) is 12.4 Å². The van der Waals surface area contributed by atoms with Crippen LogP contribution in [-0.2, 0) is 0 Å². The summed E-state index contributed by atoms with van der Waals surface area (Å²) in [6, 6.07) is 24.5. The molecule has 3 aromatic carbocycles. The van der Waals surface area contributed by atoms with Crippen molar-refractivity contribution >= 4 is 44.9 Å². The summed E-state index contributed by atoms with van der Waals surface area (Å²) in [5.74, 6) is 0. The Morgan fingerprint density at radius 1 is 0.852 bits per heavy atom. The van der Waals surface area contributed by atoms with Gasteiger partial charge in [0.2, 0.25) is 0 Å². The lowest BCUT2D eigenvalue weighted by molar-refractivity contribution is -0.384. The van der Waals surface area contributed by atoms with Crippen LogP contribution in [0, 0.1) is 10.1 Å². The maximum absolute atomic E-state index is 11.4. The highest BCUT2D eigenvalue weighted by molar-refractivity contribution is 9.10. The number of benzene rings is 3. The third-order valence-electron chi connectivity index (χ3n) is 4.23. The molecule has 0 spiro atoms. The monoisotopic (exact) mass is 440 g/mol. The number of nitrogens with zero attached hydrogens (tertiary/aromatic N) is 2. The Morgan fingerprint density at radius 3 is 2.30 bits per heavy atom. The summed E-state index contributed by atoms with van der Waals surface area (Å²) in [5.41, 5.74) is 3.98. The van der Waals surface area contributed by atoms with Gasteiger partial charge in [0.05, 0.1) is 21.7 Å². The van der Waals surface area contributed by atoms with E-state index in [1.54, 1.807) is 18.2 Å². The number of fused-ring (bicyclic) bond motifs is 1. The first-order valence-electron chi connectivity index (χ1n) is 8.03. The van der Waals surface area contributed by atoms with Crippen molar-refractivity contribution in [2.45, 2.75) is 0 Å². The second kappa shape index (κ2) is 7.86. The van der Waals surface area contributed by atoms with Crippen LogP contribution in [0.4, 0.5) is 5.69 Å². The summed E-state index contributed by atoms with van der Waals surface area (Å²) in [7, 11) is 0. The zero-order chi connectivity index (χ0) is 18.1. The van der Waals surface area contributed by atoms with E-state index in [0.29, 0.717) is 11.3 Å². The van der Waals surface area contributed by atoms with Crippen LogP contribution in [0.25, 0.3) is 33.3 Å². The third-order valence-corrected chi connectivity index (χ3v) is 4.73. The fourth-order valence-corrected chi connectivity index (χ4v) is 3.40. The number of nitro benzene ring substituents is 1. The van der Waals surface area contributed by atoms with Crippen LogP contribution in [0.5, 0.6) is 0 Å². The van der Waals surface area contributed by atoms with Gasteiger partial charge in [-0.3, -0.25) is 10.1 Å². The quantitative estimate of drug-likeness (QED) is 0.264. The topological polar surface area (TPSA) is 56.0 Å². The van der Waals surface area contributed by atoms with Gasteiger partial charge in [-0.05, 0) is 41.5 Å². The molecule has 4 nitrogen and oxygen atoms in total. The van der Waals surface area contributed by atoms with E-state index in [2.05, 4.69) is 15.9 Å². The number of para-hydroxylation sites is 1. The summed E-state index contributed by atoms with van der Waals surface area (Å²) < 4.78 is 0.961. The van der Waals surface area contributed by atoms with Gasteiger partial charge in [-0.25, -0.2) is 4.98 Å². The molecule has 0 atom stereocenters. The van der Waals surface area contributed by atoms with Gasteiger partial charge in [-0.2, -0.15) is 0 Å². The van der Waals surface area contributed by atoms with Crippen molar-refractivity contribution < 1.29 is 4.92 Å². The molecule has 0 radical (unpaired) electrons. The smallest absolute Gasteiger partial charge is 0.258 e. The zero-order valence-corrected chi connectivity index (χ0v) is 16.4. The molecule has 6 heteroatoms. The van der Waals surface area contributed by atoms with E-state index >= 15 is 0 Å². The average molecular weight is 442 g/mol. The number of rotatable bonds is 3. The highest BCUT2D eigenvalue weighted by Gasteiger charge is 2.17. The van der Waals surface area contributed by atoms with E-state index in [1.165, 1.54) is 6.07 Å². The van der Waals surface area contributed by atoms with Gasteiger partial charge in [-0.1, -0.05) is 58.4 Å². The molecule has 0 saturated heterocycles. The van der Waals surface area contributed by atoms with Crippen LogP contribution in [-0.4, -0.2) is 9.91 Å². The van der Waals surface area contributed by atoms with Gasteiger partial charge >= 0.3 is 0 Å². The van der Waals surface area contributed by atoms with Crippen LogP contribution >= 0.6 is 28.3 Å². The lowest BCUT2D eigenvalue weighted by Crippen LogP contribution is -1.95. The molecule has 0 aliphatic carbocycles. The van der Waals surface area contributed by atoms with E-state index in [4.69, 9.17) is 4.98 Å². The molecule has 1 heterocycles. The third kappa shape index (κ3) is 3.70. The molecule has 0 aliphatic heterocycles. The van der Waals surface area contributed by atoms with Crippen molar-refractivity contribution in [3.05, 3.63) is 93.4 Å². The number of halogens is 2. The maximum Gasteiger partial charge on any atom is 0.278 e. The van der Waals surface area contributed by atoms with Crippen molar-refractivity contribution in [1.82, 2.24) is 4.98 Å². The Bertz CT molecular complexity index is 1130. The Morgan fingerprint density at radius 2 is 1.56 bits per heavy atom. The van der Waals surface area contributed by atoms with Crippen molar-refractivity contribution in [2.75, 3.05) is 0 Å². The van der Waals surface area contributed by atoms with Gasteiger partial charge < -0.3 is 0 Å². The van der Waals surface area contributed by atoms with E-state index < -0.39 is 0 Å². The molecule has 27 heavy (non-hydrogen) atoms. The van der Waals surface area contributed by atoms with E-state index in [1.807, 2.05) is 54.6 Å². The minimum Gasteiger partial charge on any atom is -0.258 e. The summed E-state index contributed by atoms with van der Waals surface area (Å²) in [6.07, 6.45) is 0. The van der Waals surface area contributed by atoms with Crippen LogP contribution in [0.15, 0.2) is 83.3 Å². The highest BCUT2D eigenvalue weighted by Crippen LogP contribution is 2.36. The first-order valence-corrected chi connectivity index (χ1v) is 8.82. The molecule has 0 aliphatic rings. The molecule has 0 saturated carbocycles. The molecule has 0 N–H and O–H groups in total. The van der Waals surface area contributed by atoms with E-state index in [0.717, 1.165) is 26.5 Å². The first-order chi connectivity index (χ1) is 12.6. The maximum atomic E-state index is 11.4. The predicted octanol–water partition coefficient (Wildman–Crippen LogP) is 6.66. The molecule has 134 valence electrons. The first kappa shape index (κ1) is 19.0. The Balaban J connectivity index is 0.00000210. The minimum absolute atomic E-state index is 0. The molecule has 0 fully saturated rings. The summed E-state index contributed by atoms with van der Waals surface area (Å²) in [6.45, 7) is 0. The molecule has 0 amide bonds. The fraction of sp³-hybridized carbons (Fsp3) is 0. The second-order valence-electron chi connectivity index (χ2n) is 5.86. The summed E-state index contributed by atoms with van der Waals surface area (Å²) in [4.78, 5) is 15.8. The van der Waals surface area contributed by atoms with Crippen molar-refractivity contribution in [2.24, 2.45) is 0 Å². The predicted molar refractivity (Wildman–Crippen MR) is 114 cm³/mol. The Labute approximate surface area is 170 Å². The van der Waals surface area contributed by atoms with Crippen LogP contribution in [0.3, 0.4) is 0 Å². The lowest BCUT2D eigenvalue weighted by atomic mass is 9.98. The molecule has 4 aromatic rings. The summed E-state index contributed by atoms with van der Waals surface area (Å²) in [5, 5.41) is 12.4. The standard InChI is InChI=1S/C21H13BrN2O2.ClH/c22-15-10-11-19-18(12-15)17(14-6-2-1-3-7-14)13-20(23-19)16-8-4-5-9-21(16)24(25)26;/h1-13H;1H. The van der Waals surface area contributed by atoms with Crippen molar-refractivity contribution in [3.63, 3.8) is 0 Å². The second-order valence-corrected chi connectivity index (χ2v) is 6.77. The minimum atomic E-state index is -0.370. The number of hydrogen-bond acceptors (Lipinski definition) is 3. The molecule has 0 unspecified atom stereocenters. The zero-order valence-electron chi connectivity index (χ0n) is 14.0. The lowest BCUT2D eigenvalue weighted by Gasteiger charge is -2.11. The Hall–Kier alpha value is -2.76. The number of pyridine rings is 1. The fourth-order valence-electron chi connectivity index (χ4n) is 3.04. The van der Waals surface area contributed by atoms with Gasteiger partial charge in [0.15, 0.2) is 0 Å². The van der Waals surface area contributed by atoms with Crippen molar-refractivity contribution in [3.8, 4) is 22.4 Å². The number of hydrogen-bond donors (Lipinski definition) is 0. The SMILES string of the molecule is Cl.O=[N+]([O-])c1ccccc1-c1cc(-c2ccccc2)c2cc(Br)ccc2n1. The number of aromatic nitrogens is 1. The van der Waals surface area contributed by atoms with Crippen molar-refractivity contribution in [1.29, 1.82) is 0 Å². The largest absolute Gasteiger partial charge is 0.278 e. The van der Waals surface area contributed by atoms with Crippen LogP contribution < -0.4 is 0 Å². The molecular formula is C21H14BrClN2O2. The number of nitro groups is 1. The van der Waals surface area contributed by atoms with E-state index in [9.17, 15) is 10.1 Å². The van der Waals surface area contributed by atoms with Crippen LogP contribution in [0.1, 0.15) is 0 Å². The molecule has 1 aromatic heterocycles. The van der Waals surface area contributed by atoms with E-state index in [-0.39, 0.29) is 23.0 Å². The summed E-state index contributed by atoms with van der Waals surface area (Å²) >= 11 is 3.52. The Kier molecular flexibility index (Phi) is 5.54. The molecular weight excluding hydrogens is 428 g/mol. The highest BCUT2D eigenvalue weighted by atomic mass is 79.9. The van der Waals surface area contributed by atoms with Gasteiger partial charge in [0.25, 0.3) is 5.69 Å². The molecule has 0 bridgehead atoms. The molecule has 4 rings (SSSR count). The average Bonchev–Trinajstić information content (AvgIpc) is 2.68. The van der Waals surface area contributed by atoms with Gasteiger partial charge in [0, 0.05) is 15.9 Å². The normalized spacial score (nSPS) is 10.4.